The maximum absolute atomic E-state index is 12.4. The Balaban J connectivity index is 1.60. The summed E-state index contributed by atoms with van der Waals surface area (Å²) >= 11 is 6.46. The molecule has 32 heavy (non-hydrogen) atoms. The number of aromatic nitrogens is 1. The van der Waals surface area contributed by atoms with Crippen LogP contribution in [0.15, 0.2) is 12.3 Å². The standard InChI is InChI=1S/C23H35ClN4O4/c1-6-17-15-27(20-19(24)13-16(14-25-20)21(29)31-5)11-12-28(17)18-7-9-26(10-8-18)22(30)32-23(2,3)4/h13-14,17-18H,6-12,15H2,1-5H3/t17-/m0/s1. The first kappa shape index (κ1) is 24.6. The Morgan fingerprint density at radius 3 is 2.44 bits per heavy atom. The molecular formula is C23H35ClN4O4. The van der Waals surface area contributed by atoms with Crippen molar-refractivity contribution in [2.45, 2.75) is 64.6 Å². The lowest BCUT2D eigenvalue weighted by molar-refractivity contribution is 0.00942. The van der Waals surface area contributed by atoms with E-state index >= 15 is 0 Å². The number of hydrogen-bond donors (Lipinski definition) is 0. The zero-order valence-electron chi connectivity index (χ0n) is 19.8. The summed E-state index contributed by atoms with van der Waals surface area (Å²) in [4.78, 5) is 35.2. The van der Waals surface area contributed by atoms with Crippen LogP contribution in [0.1, 0.15) is 57.3 Å². The van der Waals surface area contributed by atoms with Crippen LogP contribution in [0, 0.1) is 0 Å². The number of amides is 1. The van der Waals surface area contributed by atoms with Crippen LogP contribution in [-0.4, -0.2) is 84.4 Å². The van der Waals surface area contributed by atoms with Gasteiger partial charge in [-0.1, -0.05) is 18.5 Å². The highest BCUT2D eigenvalue weighted by molar-refractivity contribution is 6.33. The van der Waals surface area contributed by atoms with Gasteiger partial charge in [0.25, 0.3) is 0 Å². The molecule has 3 heterocycles. The first-order chi connectivity index (χ1) is 15.1. The lowest BCUT2D eigenvalue weighted by Gasteiger charge is -2.47. The number of rotatable bonds is 4. The highest BCUT2D eigenvalue weighted by Gasteiger charge is 2.35. The van der Waals surface area contributed by atoms with Crippen molar-refractivity contribution in [2.75, 3.05) is 44.7 Å². The van der Waals surface area contributed by atoms with Crippen LogP contribution >= 0.6 is 11.6 Å². The zero-order chi connectivity index (χ0) is 23.5. The SMILES string of the molecule is CC[C@H]1CN(c2ncc(C(=O)OC)cc2Cl)CCN1C1CCN(C(=O)OC(C)(C)C)CC1. The van der Waals surface area contributed by atoms with Gasteiger partial charge in [0, 0.05) is 51.0 Å². The van der Waals surface area contributed by atoms with E-state index in [1.807, 2.05) is 25.7 Å². The Bertz CT molecular complexity index is 821. The van der Waals surface area contributed by atoms with Gasteiger partial charge in [-0.2, -0.15) is 0 Å². The quantitative estimate of drug-likeness (QED) is 0.624. The summed E-state index contributed by atoms with van der Waals surface area (Å²) in [5.74, 6) is 0.261. The van der Waals surface area contributed by atoms with Gasteiger partial charge in [-0.05, 0) is 46.1 Å². The number of halogens is 1. The van der Waals surface area contributed by atoms with E-state index in [1.165, 1.54) is 13.3 Å². The van der Waals surface area contributed by atoms with E-state index in [-0.39, 0.29) is 6.09 Å². The van der Waals surface area contributed by atoms with Gasteiger partial charge in [0.1, 0.15) is 11.4 Å². The molecule has 1 aromatic rings. The minimum absolute atomic E-state index is 0.219. The third-order valence-electron chi connectivity index (χ3n) is 6.13. The van der Waals surface area contributed by atoms with Crippen molar-refractivity contribution in [3.8, 4) is 0 Å². The molecule has 178 valence electrons. The number of piperidine rings is 1. The van der Waals surface area contributed by atoms with Crippen LogP contribution < -0.4 is 4.90 Å². The molecule has 0 N–H and O–H groups in total. The molecule has 0 saturated carbocycles. The van der Waals surface area contributed by atoms with Gasteiger partial charge in [-0.3, -0.25) is 4.90 Å². The van der Waals surface area contributed by atoms with Gasteiger partial charge in [0.15, 0.2) is 0 Å². The number of anilines is 1. The molecule has 2 aliphatic rings. The molecule has 3 rings (SSSR count). The smallest absolute Gasteiger partial charge is 0.410 e. The molecule has 0 unspecified atom stereocenters. The van der Waals surface area contributed by atoms with Crippen LogP contribution in [0.2, 0.25) is 5.02 Å². The summed E-state index contributed by atoms with van der Waals surface area (Å²) in [6.07, 6.45) is 4.21. The van der Waals surface area contributed by atoms with E-state index in [9.17, 15) is 9.59 Å². The number of carbonyl (C=O) groups excluding carboxylic acids is 2. The summed E-state index contributed by atoms with van der Waals surface area (Å²) in [5.41, 5.74) is -0.120. The van der Waals surface area contributed by atoms with Crippen molar-refractivity contribution in [1.29, 1.82) is 0 Å². The number of ether oxygens (including phenoxy) is 2. The summed E-state index contributed by atoms with van der Waals surface area (Å²) in [6, 6.07) is 2.45. The van der Waals surface area contributed by atoms with Crippen molar-refractivity contribution in [3.05, 3.63) is 22.8 Å². The van der Waals surface area contributed by atoms with Crippen LogP contribution in [0.25, 0.3) is 0 Å². The van der Waals surface area contributed by atoms with Crippen LogP contribution in [-0.2, 0) is 9.47 Å². The molecule has 2 fully saturated rings. The fourth-order valence-electron chi connectivity index (χ4n) is 4.51. The van der Waals surface area contributed by atoms with E-state index in [0.717, 1.165) is 52.0 Å². The number of hydrogen-bond acceptors (Lipinski definition) is 7. The van der Waals surface area contributed by atoms with Gasteiger partial charge < -0.3 is 19.3 Å². The van der Waals surface area contributed by atoms with E-state index < -0.39 is 11.6 Å². The lowest BCUT2D eigenvalue weighted by atomic mass is 9.98. The number of esters is 1. The van der Waals surface area contributed by atoms with Crippen molar-refractivity contribution in [3.63, 3.8) is 0 Å². The molecule has 9 heteroatoms. The maximum atomic E-state index is 12.4. The second-order valence-corrected chi connectivity index (χ2v) is 9.87. The number of piperazine rings is 1. The largest absolute Gasteiger partial charge is 0.465 e. The van der Waals surface area contributed by atoms with Gasteiger partial charge in [0.2, 0.25) is 0 Å². The molecule has 2 aliphatic heterocycles. The number of carbonyl (C=O) groups is 2. The molecular weight excluding hydrogens is 432 g/mol. The normalized spacial score (nSPS) is 20.9. The molecule has 0 bridgehead atoms. The van der Waals surface area contributed by atoms with Gasteiger partial charge >= 0.3 is 12.1 Å². The van der Waals surface area contributed by atoms with Crippen molar-refractivity contribution in [2.24, 2.45) is 0 Å². The molecule has 8 nitrogen and oxygen atoms in total. The zero-order valence-corrected chi connectivity index (χ0v) is 20.5. The number of pyridine rings is 1. The first-order valence-corrected chi connectivity index (χ1v) is 11.7. The number of nitrogens with zero attached hydrogens (tertiary/aromatic N) is 4. The molecule has 0 aliphatic carbocycles. The topological polar surface area (TPSA) is 75.2 Å². The summed E-state index contributed by atoms with van der Waals surface area (Å²) in [6.45, 7) is 11.9. The minimum Gasteiger partial charge on any atom is -0.465 e. The number of methoxy groups -OCH3 is 1. The summed E-state index contributed by atoms with van der Waals surface area (Å²) in [5, 5.41) is 0.460. The molecule has 1 amide bonds. The third kappa shape index (κ3) is 5.84. The second-order valence-electron chi connectivity index (χ2n) is 9.47. The molecule has 0 radical (unpaired) electrons. The molecule has 1 atom stereocenters. The second kappa shape index (κ2) is 10.3. The van der Waals surface area contributed by atoms with E-state index in [4.69, 9.17) is 21.1 Å². The van der Waals surface area contributed by atoms with Crippen molar-refractivity contribution >= 4 is 29.5 Å². The van der Waals surface area contributed by atoms with Crippen molar-refractivity contribution in [1.82, 2.24) is 14.8 Å². The summed E-state index contributed by atoms with van der Waals surface area (Å²) in [7, 11) is 1.34. The van der Waals surface area contributed by atoms with Gasteiger partial charge in [-0.25, -0.2) is 14.6 Å². The van der Waals surface area contributed by atoms with Gasteiger partial charge in [-0.15, -0.1) is 0 Å². The Labute approximate surface area is 195 Å². The fraction of sp³-hybridized carbons (Fsp3) is 0.696. The lowest BCUT2D eigenvalue weighted by Crippen LogP contribution is -2.59. The maximum Gasteiger partial charge on any atom is 0.410 e. The third-order valence-corrected chi connectivity index (χ3v) is 6.41. The average Bonchev–Trinajstić information content (AvgIpc) is 2.77. The Hall–Kier alpha value is -2.06. The van der Waals surface area contributed by atoms with E-state index in [1.54, 1.807) is 6.07 Å². The van der Waals surface area contributed by atoms with Crippen molar-refractivity contribution < 1.29 is 19.1 Å². The first-order valence-electron chi connectivity index (χ1n) is 11.4. The predicted molar refractivity (Wildman–Crippen MR) is 124 cm³/mol. The highest BCUT2D eigenvalue weighted by atomic mass is 35.5. The molecule has 0 spiro atoms. The molecule has 2 saturated heterocycles. The number of likely N-dealkylation sites (tertiary alicyclic amines) is 1. The monoisotopic (exact) mass is 466 g/mol. The Morgan fingerprint density at radius 2 is 1.88 bits per heavy atom. The van der Waals surface area contributed by atoms with Crippen LogP contribution in [0.4, 0.5) is 10.6 Å². The Kier molecular flexibility index (Phi) is 7.88. The van der Waals surface area contributed by atoms with Gasteiger partial charge in [0.05, 0.1) is 17.7 Å². The van der Waals surface area contributed by atoms with E-state index in [2.05, 4.69) is 21.7 Å². The van der Waals surface area contributed by atoms with Crippen LogP contribution in [0.5, 0.6) is 0 Å². The summed E-state index contributed by atoms with van der Waals surface area (Å²) < 4.78 is 10.3. The minimum atomic E-state index is -0.470. The van der Waals surface area contributed by atoms with Crippen LogP contribution in [0.3, 0.4) is 0 Å². The Morgan fingerprint density at radius 1 is 1.19 bits per heavy atom. The molecule has 1 aromatic heterocycles. The molecule has 0 aromatic carbocycles. The van der Waals surface area contributed by atoms with E-state index in [0.29, 0.717) is 28.5 Å². The highest BCUT2D eigenvalue weighted by Crippen LogP contribution is 2.30. The average molecular weight is 467 g/mol. The predicted octanol–water partition coefficient (Wildman–Crippen LogP) is 3.82. The fourth-order valence-corrected chi connectivity index (χ4v) is 4.79.